The molecule has 2 N–H and O–H groups in total. The number of hydrogen-bond acceptors (Lipinski definition) is 5. The van der Waals surface area contributed by atoms with Crippen molar-refractivity contribution in [2.45, 2.75) is 13.3 Å². The molecule has 0 aliphatic heterocycles. The van der Waals surface area contributed by atoms with E-state index in [0.717, 1.165) is 37.9 Å². The van der Waals surface area contributed by atoms with Crippen LogP contribution in [0, 0.1) is 0 Å². The number of nitrogen functional groups attached to an aromatic ring is 1. The molecule has 3 rings (SSSR count). The summed E-state index contributed by atoms with van der Waals surface area (Å²) >= 11 is 5.02. The highest BCUT2D eigenvalue weighted by Gasteiger charge is 2.13. The molecule has 18 heavy (non-hydrogen) atoms. The summed E-state index contributed by atoms with van der Waals surface area (Å²) in [6.45, 7) is 2.04. The lowest BCUT2D eigenvalue weighted by atomic mass is 10.2. The van der Waals surface area contributed by atoms with E-state index in [1.807, 2.05) is 25.1 Å². The molecule has 0 saturated carbocycles. The molecule has 5 nitrogen and oxygen atoms in total. The van der Waals surface area contributed by atoms with Crippen molar-refractivity contribution in [3.05, 3.63) is 28.5 Å². The summed E-state index contributed by atoms with van der Waals surface area (Å²) in [5, 5.41) is 13.6. The van der Waals surface area contributed by atoms with Gasteiger partial charge in [0.1, 0.15) is 5.01 Å². The number of benzene rings is 1. The second-order valence-electron chi connectivity index (χ2n) is 3.81. The highest BCUT2D eigenvalue weighted by molar-refractivity contribution is 9.10. The summed E-state index contributed by atoms with van der Waals surface area (Å²) < 4.78 is 2.73. The number of halogens is 1. The average molecular weight is 324 g/mol. The smallest absolute Gasteiger partial charge is 0.234 e. The predicted molar refractivity (Wildman–Crippen MR) is 75.6 cm³/mol. The van der Waals surface area contributed by atoms with E-state index in [9.17, 15) is 0 Å². The first kappa shape index (κ1) is 11.6. The van der Waals surface area contributed by atoms with E-state index >= 15 is 0 Å². The molecular formula is C11H10BrN5S. The lowest BCUT2D eigenvalue weighted by Gasteiger charge is -2.00. The maximum atomic E-state index is 5.73. The summed E-state index contributed by atoms with van der Waals surface area (Å²) in [7, 11) is 0. The minimum Gasteiger partial charge on any atom is -0.399 e. The van der Waals surface area contributed by atoms with Crippen LogP contribution in [0.3, 0.4) is 0 Å². The Morgan fingerprint density at radius 1 is 1.39 bits per heavy atom. The van der Waals surface area contributed by atoms with Gasteiger partial charge >= 0.3 is 0 Å². The zero-order chi connectivity index (χ0) is 12.7. The third-order valence-electron chi connectivity index (χ3n) is 2.60. The number of nitrogens with zero attached hydrogens (tertiary/aromatic N) is 4. The molecule has 1 aromatic carbocycles. The Bertz CT molecular complexity index is 717. The van der Waals surface area contributed by atoms with Crippen LogP contribution in [0.4, 0.5) is 5.69 Å². The molecule has 0 amide bonds. The molecule has 92 valence electrons. The van der Waals surface area contributed by atoms with Crippen LogP contribution in [0.2, 0.25) is 0 Å². The van der Waals surface area contributed by atoms with E-state index in [-0.39, 0.29) is 0 Å². The minimum atomic E-state index is 0.725. The molecule has 0 spiro atoms. The molecule has 0 aliphatic rings. The van der Waals surface area contributed by atoms with Gasteiger partial charge in [-0.15, -0.1) is 10.2 Å². The lowest BCUT2D eigenvalue weighted by molar-refractivity contribution is 0.838. The van der Waals surface area contributed by atoms with Gasteiger partial charge in [-0.2, -0.15) is 9.61 Å². The minimum absolute atomic E-state index is 0.725. The Hall–Kier alpha value is -1.47. The van der Waals surface area contributed by atoms with Crippen molar-refractivity contribution in [2.75, 3.05) is 5.73 Å². The third-order valence-corrected chi connectivity index (χ3v) is 4.18. The molecule has 0 radical (unpaired) electrons. The van der Waals surface area contributed by atoms with E-state index < -0.39 is 0 Å². The van der Waals surface area contributed by atoms with Crippen molar-refractivity contribution >= 4 is 37.9 Å². The van der Waals surface area contributed by atoms with Crippen LogP contribution in [0.25, 0.3) is 15.5 Å². The van der Waals surface area contributed by atoms with E-state index in [2.05, 4.69) is 31.2 Å². The summed E-state index contributed by atoms with van der Waals surface area (Å²) in [4.78, 5) is 0.811. The van der Waals surface area contributed by atoms with Crippen LogP contribution >= 0.6 is 27.3 Å². The molecule has 0 fully saturated rings. The second kappa shape index (κ2) is 4.33. The lowest BCUT2D eigenvalue weighted by Crippen LogP contribution is -1.93. The van der Waals surface area contributed by atoms with Gasteiger partial charge in [0.2, 0.25) is 4.96 Å². The first-order valence-electron chi connectivity index (χ1n) is 5.45. The number of fused-ring (bicyclic) bond motifs is 1. The van der Waals surface area contributed by atoms with Crippen molar-refractivity contribution in [1.82, 2.24) is 19.8 Å². The highest BCUT2D eigenvalue weighted by Crippen LogP contribution is 2.32. The molecule has 0 aliphatic carbocycles. The topological polar surface area (TPSA) is 69.1 Å². The summed E-state index contributed by atoms with van der Waals surface area (Å²) in [5.74, 6) is 0.874. The van der Waals surface area contributed by atoms with Gasteiger partial charge in [-0.05, 0) is 34.1 Å². The quantitative estimate of drug-likeness (QED) is 0.736. The molecule has 0 unspecified atom stereocenters. The van der Waals surface area contributed by atoms with Crippen LogP contribution in [-0.2, 0) is 6.42 Å². The van der Waals surface area contributed by atoms with Gasteiger partial charge < -0.3 is 5.73 Å². The predicted octanol–water partition coefficient (Wildman–Crippen LogP) is 2.76. The number of hydrogen-bond donors (Lipinski definition) is 1. The van der Waals surface area contributed by atoms with Crippen molar-refractivity contribution in [3.63, 3.8) is 0 Å². The van der Waals surface area contributed by atoms with Crippen molar-refractivity contribution < 1.29 is 0 Å². The monoisotopic (exact) mass is 323 g/mol. The van der Waals surface area contributed by atoms with Gasteiger partial charge in [0.25, 0.3) is 0 Å². The Morgan fingerprint density at radius 3 is 2.94 bits per heavy atom. The molecule has 7 heteroatoms. The Balaban J connectivity index is 2.16. The van der Waals surface area contributed by atoms with Gasteiger partial charge in [0, 0.05) is 22.1 Å². The Kier molecular flexibility index (Phi) is 2.79. The van der Waals surface area contributed by atoms with Crippen molar-refractivity contribution in [2.24, 2.45) is 0 Å². The Morgan fingerprint density at radius 2 is 2.22 bits per heavy atom. The van der Waals surface area contributed by atoms with Gasteiger partial charge in [-0.3, -0.25) is 0 Å². The van der Waals surface area contributed by atoms with Crippen LogP contribution in [-0.4, -0.2) is 19.8 Å². The number of aryl methyl sites for hydroxylation is 1. The number of nitrogens with two attached hydrogens (primary N) is 1. The summed E-state index contributed by atoms with van der Waals surface area (Å²) in [6, 6.07) is 5.69. The molecule has 2 heterocycles. The molecule has 0 saturated heterocycles. The second-order valence-corrected chi connectivity index (χ2v) is 5.62. The van der Waals surface area contributed by atoms with Gasteiger partial charge in [-0.1, -0.05) is 18.3 Å². The third kappa shape index (κ3) is 1.79. The van der Waals surface area contributed by atoms with E-state index in [1.165, 1.54) is 11.3 Å². The zero-order valence-electron chi connectivity index (χ0n) is 9.59. The normalized spacial score (nSPS) is 11.2. The summed E-state index contributed by atoms with van der Waals surface area (Å²) in [6.07, 6.45) is 0.813. The fraction of sp³-hybridized carbons (Fsp3) is 0.182. The average Bonchev–Trinajstić information content (AvgIpc) is 2.88. The van der Waals surface area contributed by atoms with E-state index in [4.69, 9.17) is 5.73 Å². The van der Waals surface area contributed by atoms with Gasteiger partial charge in [-0.25, -0.2) is 0 Å². The van der Waals surface area contributed by atoms with Gasteiger partial charge in [0.15, 0.2) is 5.82 Å². The SMILES string of the molecule is CCc1nnc2sc(-c3ccc(N)cc3Br)nn12. The molecular weight excluding hydrogens is 314 g/mol. The van der Waals surface area contributed by atoms with Crippen LogP contribution in [0.5, 0.6) is 0 Å². The highest BCUT2D eigenvalue weighted by atomic mass is 79.9. The largest absolute Gasteiger partial charge is 0.399 e. The Labute approximate surface area is 116 Å². The van der Waals surface area contributed by atoms with E-state index in [0.29, 0.717) is 0 Å². The van der Waals surface area contributed by atoms with Crippen molar-refractivity contribution in [3.8, 4) is 10.6 Å². The van der Waals surface area contributed by atoms with Crippen LogP contribution < -0.4 is 5.73 Å². The first-order chi connectivity index (χ1) is 8.69. The fourth-order valence-corrected chi connectivity index (χ4v) is 3.30. The zero-order valence-corrected chi connectivity index (χ0v) is 12.0. The number of aromatic nitrogens is 4. The summed E-state index contributed by atoms with van der Waals surface area (Å²) in [5.41, 5.74) is 7.47. The number of rotatable bonds is 2. The first-order valence-corrected chi connectivity index (χ1v) is 7.06. The molecule has 0 bridgehead atoms. The van der Waals surface area contributed by atoms with Gasteiger partial charge in [0.05, 0.1) is 0 Å². The maximum absolute atomic E-state index is 5.73. The van der Waals surface area contributed by atoms with E-state index in [1.54, 1.807) is 4.52 Å². The fourth-order valence-electron chi connectivity index (χ4n) is 1.69. The molecule has 0 atom stereocenters. The number of anilines is 1. The molecule has 3 aromatic rings. The molecule has 2 aromatic heterocycles. The van der Waals surface area contributed by atoms with Crippen LogP contribution in [0.15, 0.2) is 22.7 Å². The maximum Gasteiger partial charge on any atom is 0.234 e. The van der Waals surface area contributed by atoms with Crippen LogP contribution in [0.1, 0.15) is 12.7 Å². The standard InChI is InChI=1S/C11H10BrN5S/c1-2-9-14-15-11-17(9)16-10(18-11)7-4-3-6(13)5-8(7)12/h3-5H,2,13H2,1H3. The van der Waals surface area contributed by atoms with Crippen molar-refractivity contribution in [1.29, 1.82) is 0 Å².